The van der Waals surface area contributed by atoms with E-state index in [0.717, 1.165) is 0 Å². The van der Waals surface area contributed by atoms with Crippen LogP contribution in [0.15, 0.2) is 0 Å². The maximum Gasteiger partial charge on any atom is 0.303 e. The predicted molar refractivity (Wildman–Crippen MR) is 47.6 cm³/mol. The molecule has 0 aromatic carbocycles. The second kappa shape index (κ2) is 7.28. The number of hydrogen-bond acceptors (Lipinski definition) is 4. The fourth-order valence-corrected chi connectivity index (χ4v) is 0.849. The van der Waals surface area contributed by atoms with E-state index < -0.39 is 12.0 Å². The van der Waals surface area contributed by atoms with E-state index in [0.29, 0.717) is 0 Å². The fourth-order valence-electron chi connectivity index (χ4n) is 0.849. The van der Waals surface area contributed by atoms with Crippen molar-refractivity contribution >= 4 is 11.9 Å². The molecule has 14 heavy (non-hydrogen) atoms. The van der Waals surface area contributed by atoms with Crippen molar-refractivity contribution in [2.75, 3.05) is 13.2 Å². The average molecular weight is 205 g/mol. The summed E-state index contributed by atoms with van der Waals surface area (Å²) < 4.78 is 0. The first-order valence-electron chi connectivity index (χ1n) is 4.33. The van der Waals surface area contributed by atoms with Crippen LogP contribution in [0.4, 0.5) is 0 Å². The minimum atomic E-state index is -0.946. The smallest absolute Gasteiger partial charge is 0.303 e. The molecule has 82 valence electrons. The van der Waals surface area contributed by atoms with Gasteiger partial charge in [-0.2, -0.15) is 0 Å². The number of carbonyl (C=O) groups is 2. The number of aliphatic carboxylic acids is 1. The highest BCUT2D eigenvalue weighted by molar-refractivity contribution is 5.77. The molecular weight excluding hydrogens is 190 g/mol. The standard InChI is InChI=1S/C8H15NO5/c10-4-6(5-11)9-7(12)2-1-3-8(13)14/h6,10-11H,1-5H2,(H,9,12)(H,13,14). The average Bonchev–Trinajstić information content (AvgIpc) is 2.13. The summed E-state index contributed by atoms with van der Waals surface area (Å²) in [6.07, 6.45) is 0.282. The minimum absolute atomic E-state index is 0.0592. The van der Waals surface area contributed by atoms with E-state index in [1.54, 1.807) is 0 Å². The molecular formula is C8H15NO5. The molecule has 0 bridgehead atoms. The number of carboxylic acid groups (broad SMARTS) is 1. The Morgan fingerprint density at radius 1 is 1.14 bits per heavy atom. The van der Waals surface area contributed by atoms with E-state index in [-0.39, 0.29) is 38.4 Å². The third-order valence-corrected chi connectivity index (χ3v) is 1.60. The highest BCUT2D eigenvalue weighted by Crippen LogP contribution is 1.95. The minimum Gasteiger partial charge on any atom is -0.481 e. The maximum absolute atomic E-state index is 11.0. The first-order valence-corrected chi connectivity index (χ1v) is 4.33. The first-order chi connectivity index (χ1) is 6.60. The highest BCUT2D eigenvalue weighted by Gasteiger charge is 2.09. The molecule has 0 saturated heterocycles. The van der Waals surface area contributed by atoms with E-state index in [2.05, 4.69) is 5.32 Å². The van der Waals surface area contributed by atoms with Crippen molar-refractivity contribution < 1.29 is 24.9 Å². The lowest BCUT2D eigenvalue weighted by Gasteiger charge is -2.12. The predicted octanol–water partition coefficient (Wildman–Crippen LogP) is -1.29. The van der Waals surface area contributed by atoms with Crippen molar-refractivity contribution in [3.05, 3.63) is 0 Å². The molecule has 0 fully saturated rings. The quantitative estimate of drug-likeness (QED) is 0.413. The summed E-state index contributed by atoms with van der Waals surface area (Å²) in [5.41, 5.74) is 0. The number of aliphatic hydroxyl groups excluding tert-OH is 2. The van der Waals surface area contributed by atoms with Gasteiger partial charge in [-0.3, -0.25) is 9.59 Å². The molecule has 0 unspecified atom stereocenters. The molecule has 0 saturated carbocycles. The van der Waals surface area contributed by atoms with Crippen LogP contribution < -0.4 is 5.32 Å². The topological polar surface area (TPSA) is 107 Å². The van der Waals surface area contributed by atoms with E-state index >= 15 is 0 Å². The second-order valence-corrected chi connectivity index (χ2v) is 2.88. The molecule has 0 aromatic rings. The Balaban J connectivity index is 3.59. The Labute approximate surface area is 81.5 Å². The maximum atomic E-state index is 11.0. The lowest BCUT2D eigenvalue weighted by Crippen LogP contribution is -2.39. The SMILES string of the molecule is O=C(O)CCCC(=O)NC(CO)CO. The molecule has 0 atom stereocenters. The lowest BCUT2D eigenvalue weighted by molar-refractivity contribution is -0.137. The van der Waals surface area contributed by atoms with Crippen LogP contribution in [0.25, 0.3) is 0 Å². The van der Waals surface area contributed by atoms with Crippen molar-refractivity contribution in [1.82, 2.24) is 5.32 Å². The van der Waals surface area contributed by atoms with Crippen molar-refractivity contribution in [1.29, 1.82) is 0 Å². The Hall–Kier alpha value is -1.14. The number of carboxylic acids is 1. The van der Waals surface area contributed by atoms with Crippen molar-refractivity contribution in [3.8, 4) is 0 Å². The molecule has 0 spiro atoms. The molecule has 4 N–H and O–H groups in total. The number of carbonyl (C=O) groups excluding carboxylic acids is 1. The number of rotatable bonds is 7. The third kappa shape index (κ3) is 6.38. The van der Waals surface area contributed by atoms with Gasteiger partial charge in [0.25, 0.3) is 0 Å². The molecule has 0 aromatic heterocycles. The van der Waals surface area contributed by atoms with Crippen molar-refractivity contribution in [2.24, 2.45) is 0 Å². The number of aliphatic hydroxyl groups is 2. The lowest BCUT2D eigenvalue weighted by atomic mass is 10.2. The molecule has 0 aliphatic rings. The second-order valence-electron chi connectivity index (χ2n) is 2.88. The van der Waals surface area contributed by atoms with Gasteiger partial charge in [-0.25, -0.2) is 0 Å². The molecule has 0 heterocycles. The molecule has 0 radical (unpaired) electrons. The van der Waals surface area contributed by atoms with Gasteiger partial charge in [-0.15, -0.1) is 0 Å². The van der Waals surface area contributed by atoms with Gasteiger partial charge in [-0.1, -0.05) is 0 Å². The first kappa shape index (κ1) is 12.9. The molecule has 6 heteroatoms. The van der Waals surface area contributed by atoms with Crippen molar-refractivity contribution in [3.63, 3.8) is 0 Å². The summed E-state index contributed by atoms with van der Waals surface area (Å²) in [5.74, 6) is -1.31. The summed E-state index contributed by atoms with van der Waals surface area (Å²) >= 11 is 0. The summed E-state index contributed by atoms with van der Waals surface area (Å²) in [6.45, 7) is -0.664. The molecule has 0 aliphatic heterocycles. The molecule has 1 amide bonds. The number of amides is 1. The van der Waals surface area contributed by atoms with Crippen LogP contribution in [-0.2, 0) is 9.59 Å². The zero-order valence-corrected chi connectivity index (χ0v) is 7.77. The van der Waals surface area contributed by atoms with Gasteiger partial charge in [0.05, 0.1) is 19.3 Å². The van der Waals surface area contributed by atoms with Crippen LogP contribution >= 0.6 is 0 Å². The fraction of sp³-hybridized carbons (Fsp3) is 0.750. The Morgan fingerprint density at radius 2 is 1.71 bits per heavy atom. The van der Waals surface area contributed by atoms with Gasteiger partial charge in [-0.05, 0) is 6.42 Å². The third-order valence-electron chi connectivity index (χ3n) is 1.60. The zero-order valence-electron chi connectivity index (χ0n) is 7.77. The van der Waals surface area contributed by atoms with E-state index in [1.165, 1.54) is 0 Å². The number of hydrogen-bond donors (Lipinski definition) is 4. The van der Waals surface area contributed by atoms with Crippen LogP contribution in [0.1, 0.15) is 19.3 Å². The van der Waals surface area contributed by atoms with Crippen LogP contribution in [-0.4, -0.2) is 46.5 Å². The normalized spacial score (nSPS) is 10.2. The molecule has 0 rings (SSSR count). The Bertz CT molecular complexity index is 190. The zero-order chi connectivity index (χ0) is 11.0. The summed E-state index contributed by atoms with van der Waals surface area (Å²) in [4.78, 5) is 21.1. The largest absolute Gasteiger partial charge is 0.481 e. The van der Waals surface area contributed by atoms with Gasteiger partial charge in [0, 0.05) is 12.8 Å². The van der Waals surface area contributed by atoms with E-state index in [4.69, 9.17) is 15.3 Å². The monoisotopic (exact) mass is 205 g/mol. The highest BCUT2D eigenvalue weighted by atomic mass is 16.4. The summed E-state index contributed by atoms with van der Waals surface area (Å²) in [5, 5.41) is 27.9. The van der Waals surface area contributed by atoms with E-state index in [1.807, 2.05) is 0 Å². The summed E-state index contributed by atoms with van der Waals surface area (Å²) in [7, 11) is 0. The van der Waals surface area contributed by atoms with Gasteiger partial charge in [0.15, 0.2) is 0 Å². The summed E-state index contributed by atoms with van der Waals surface area (Å²) in [6, 6.07) is -0.660. The van der Waals surface area contributed by atoms with Crippen LogP contribution in [0.5, 0.6) is 0 Å². The van der Waals surface area contributed by atoms with Crippen LogP contribution in [0.2, 0.25) is 0 Å². The van der Waals surface area contributed by atoms with Gasteiger partial charge >= 0.3 is 5.97 Å². The number of nitrogens with one attached hydrogen (secondary N) is 1. The van der Waals surface area contributed by atoms with Gasteiger partial charge in [0.2, 0.25) is 5.91 Å². The molecule has 6 nitrogen and oxygen atoms in total. The van der Waals surface area contributed by atoms with Crippen LogP contribution in [0.3, 0.4) is 0 Å². The Kier molecular flexibility index (Phi) is 6.69. The van der Waals surface area contributed by atoms with E-state index in [9.17, 15) is 9.59 Å². The van der Waals surface area contributed by atoms with Gasteiger partial charge in [0.1, 0.15) is 0 Å². The Morgan fingerprint density at radius 3 is 2.14 bits per heavy atom. The van der Waals surface area contributed by atoms with Crippen molar-refractivity contribution in [2.45, 2.75) is 25.3 Å². The van der Waals surface area contributed by atoms with Gasteiger partial charge < -0.3 is 20.6 Å². The molecule has 0 aliphatic carbocycles. The van der Waals surface area contributed by atoms with Crippen LogP contribution in [0, 0.1) is 0 Å².